The van der Waals surface area contributed by atoms with Crippen LogP contribution in [0.1, 0.15) is 323 Å². The van der Waals surface area contributed by atoms with Crippen LogP contribution in [0.5, 0.6) is 0 Å². The number of phosphoric acid groups is 2. The van der Waals surface area contributed by atoms with E-state index in [-0.39, 0.29) is 25.7 Å². The zero-order chi connectivity index (χ0) is 78.9. The van der Waals surface area contributed by atoms with Crippen LogP contribution in [-0.2, 0) is 65.4 Å². The molecule has 5 atom stereocenters. The second-order valence-electron chi connectivity index (χ2n) is 27.3. The lowest BCUT2D eigenvalue weighted by Crippen LogP contribution is -2.30. The Morgan fingerprint density at radius 3 is 0.778 bits per heavy atom. The molecule has 3 N–H and O–H groups in total. The van der Waals surface area contributed by atoms with Crippen molar-refractivity contribution in [1.82, 2.24) is 0 Å². The maximum Gasteiger partial charge on any atom is 0.472 e. The van der Waals surface area contributed by atoms with E-state index in [1.807, 2.05) is 12.2 Å². The summed E-state index contributed by atoms with van der Waals surface area (Å²) in [5, 5.41) is 10.7. The lowest BCUT2D eigenvalue weighted by atomic mass is 10.0. The van der Waals surface area contributed by atoms with Crippen LogP contribution in [-0.4, -0.2) is 96.7 Å². The number of esters is 4. The third kappa shape index (κ3) is 78.8. The fourth-order valence-corrected chi connectivity index (χ4v) is 12.3. The lowest BCUT2D eigenvalue weighted by Gasteiger charge is -2.21. The molecule has 0 saturated heterocycles. The number of hydrogen-bond donors (Lipinski definition) is 3. The summed E-state index contributed by atoms with van der Waals surface area (Å²) < 4.78 is 68.7. The molecule has 108 heavy (non-hydrogen) atoms. The van der Waals surface area contributed by atoms with Gasteiger partial charge in [-0.3, -0.25) is 37.3 Å². The smallest absolute Gasteiger partial charge is 0.462 e. The molecule has 5 unspecified atom stereocenters. The molecule has 17 nitrogen and oxygen atoms in total. The number of unbranched alkanes of at least 4 members (excludes halogenated alkanes) is 25. The molecule has 19 heteroatoms. The van der Waals surface area contributed by atoms with Gasteiger partial charge >= 0.3 is 39.5 Å². The van der Waals surface area contributed by atoms with Crippen LogP contribution in [0, 0.1) is 0 Å². The van der Waals surface area contributed by atoms with Crippen molar-refractivity contribution in [2.75, 3.05) is 39.6 Å². The van der Waals surface area contributed by atoms with E-state index in [9.17, 15) is 43.2 Å². The standard InChI is InChI=1S/C89H148O17P2/c1-5-9-13-17-21-25-29-33-37-40-41-44-47-50-54-58-62-66-70-74-87(92)100-80-85(106-89(94)76-72-68-64-60-56-52-48-43-39-35-31-27-23-19-15-11-7-3)82-104-108(97,98)102-78-83(90)77-101-107(95,96)103-81-84(105-88(93)75-71-67-63-59-55-51-45-36-32-28-24-20-16-12-8-4)79-99-86(91)73-69-65-61-57-53-49-46-42-38-34-30-26-22-18-14-10-6-2/h9-11,13-15,21-23,25-27,33-35,37-39,41,44,46,48-49,52,60,64,83-85,90H,5-8,12,16-20,24,28-32,36,40,42-43,45,47,50-51,53-59,61-63,65-82H2,1-4H3,(H,95,96)(H,97,98)/b13-9-,14-10-,15-11-,25-21-,26-22-,27-23-,37-33-,38-34-,39-35-,44-41-,49-46-,52-48-,64-60-. The van der Waals surface area contributed by atoms with Crippen LogP contribution in [0.2, 0.25) is 0 Å². The normalized spacial score (nSPS) is 14.6. The summed E-state index contributed by atoms with van der Waals surface area (Å²) in [5.74, 6) is -2.28. The van der Waals surface area contributed by atoms with Gasteiger partial charge in [-0.1, -0.05) is 314 Å². The summed E-state index contributed by atoms with van der Waals surface area (Å²) in [6.07, 6.45) is 93.6. The first-order valence-electron chi connectivity index (χ1n) is 41.7. The molecule has 0 amide bonds. The molecule has 0 aliphatic carbocycles. The first kappa shape index (κ1) is 103. The number of ether oxygens (including phenoxy) is 4. The van der Waals surface area contributed by atoms with Crippen molar-refractivity contribution in [1.29, 1.82) is 0 Å². The molecule has 0 heterocycles. The topological polar surface area (TPSA) is 237 Å². The van der Waals surface area contributed by atoms with E-state index in [4.69, 9.17) is 37.0 Å². The Kier molecular flexibility index (Phi) is 75.8. The molecule has 0 aliphatic heterocycles. The molecule has 0 aromatic heterocycles. The first-order valence-corrected chi connectivity index (χ1v) is 44.7. The van der Waals surface area contributed by atoms with E-state index in [1.54, 1.807) is 0 Å². The Hall–Kier alpha value is -5.32. The Morgan fingerprint density at radius 1 is 0.269 bits per heavy atom. The molecule has 616 valence electrons. The maximum absolute atomic E-state index is 13.1. The van der Waals surface area contributed by atoms with Crippen molar-refractivity contribution in [3.8, 4) is 0 Å². The summed E-state index contributed by atoms with van der Waals surface area (Å²) in [4.78, 5) is 73.2. The van der Waals surface area contributed by atoms with Crippen molar-refractivity contribution in [2.24, 2.45) is 0 Å². The number of carbonyl (C=O) groups excluding carboxylic acids is 4. The molecule has 0 bridgehead atoms. The largest absolute Gasteiger partial charge is 0.472 e. The maximum atomic E-state index is 13.1. The number of carbonyl (C=O) groups is 4. The monoisotopic (exact) mass is 1550 g/mol. The van der Waals surface area contributed by atoms with E-state index in [0.29, 0.717) is 32.1 Å². The predicted molar refractivity (Wildman–Crippen MR) is 445 cm³/mol. The van der Waals surface area contributed by atoms with Crippen LogP contribution in [0.4, 0.5) is 0 Å². The fourth-order valence-electron chi connectivity index (χ4n) is 10.8. The second-order valence-corrected chi connectivity index (χ2v) is 30.2. The van der Waals surface area contributed by atoms with E-state index >= 15 is 0 Å². The van der Waals surface area contributed by atoms with Crippen LogP contribution in [0.15, 0.2) is 158 Å². The van der Waals surface area contributed by atoms with Gasteiger partial charge in [0.05, 0.1) is 26.4 Å². The highest BCUT2D eigenvalue weighted by Crippen LogP contribution is 2.45. The molecule has 0 rings (SSSR count). The van der Waals surface area contributed by atoms with Crippen LogP contribution in [0.3, 0.4) is 0 Å². The number of rotatable bonds is 77. The second kappa shape index (κ2) is 79.8. The van der Waals surface area contributed by atoms with E-state index in [2.05, 4.69) is 174 Å². The number of allylic oxidation sites excluding steroid dienone is 26. The van der Waals surface area contributed by atoms with Gasteiger partial charge in [0.15, 0.2) is 12.2 Å². The van der Waals surface area contributed by atoms with Gasteiger partial charge in [0.2, 0.25) is 0 Å². The molecule has 0 fully saturated rings. The summed E-state index contributed by atoms with van der Waals surface area (Å²) in [7, 11) is -10.0. The van der Waals surface area contributed by atoms with Crippen LogP contribution in [0.25, 0.3) is 0 Å². The fraction of sp³-hybridized carbons (Fsp3) is 0.663. The highest BCUT2D eigenvalue weighted by Gasteiger charge is 2.30. The number of aliphatic hydroxyl groups is 1. The summed E-state index contributed by atoms with van der Waals surface area (Å²) in [5.41, 5.74) is 0. The average molecular weight is 1550 g/mol. The minimum atomic E-state index is -5.01. The van der Waals surface area contributed by atoms with Crippen LogP contribution < -0.4 is 0 Å². The Balaban J connectivity index is 5.46. The van der Waals surface area contributed by atoms with E-state index in [0.717, 1.165) is 173 Å². The molecule has 0 radical (unpaired) electrons. The molecular formula is C89H148O17P2. The highest BCUT2D eigenvalue weighted by atomic mass is 31.2. The number of phosphoric ester groups is 2. The summed E-state index contributed by atoms with van der Waals surface area (Å²) in [6, 6.07) is 0. The van der Waals surface area contributed by atoms with Crippen molar-refractivity contribution in [2.45, 2.75) is 341 Å². The van der Waals surface area contributed by atoms with Crippen molar-refractivity contribution in [3.05, 3.63) is 158 Å². The Bertz CT molecular complexity index is 2660. The van der Waals surface area contributed by atoms with Gasteiger partial charge in [0.25, 0.3) is 0 Å². The number of hydrogen-bond acceptors (Lipinski definition) is 15. The van der Waals surface area contributed by atoms with Crippen molar-refractivity contribution < 1.29 is 80.2 Å². The van der Waals surface area contributed by atoms with Crippen molar-refractivity contribution in [3.63, 3.8) is 0 Å². The number of aliphatic hydroxyl groups excluding tert-OH is 1. The zero-order valence-corrected chi connectivity index (χ0v) is 69.3. The van der Waals surface area contributed by atoms with Crippen LogP contribution >= 0.6 is 15.6 Å². The summed E-state index contributed by atoms with van der Waals surface area (Å²) >= 11 is 0. The van der Waals surface area contributed by atoms with Gasteiger partial charge in [0, 0.05) is 25.7 Å². The van der Waals surface area contributed by atoms with Gasteiger partial charge < -0.3 is 33.8 Å². The molecule has 0 aliphatic rings. The molecular weight excluding hydrogens is 1400 g/mol. The van der Waals surface area contributed by atoms with E-state index in [1.165, 1.54) is 64.2 Å². The first-order chi connectivity index (χ1) is 52.7. The lowest BCUT2D eigenvalue weighted by molar-refractivity contribution is -0.161. The minimum Gasteiger partial charge on any atom is -0.462 e. The van der Waals surface area contributed by atoms with Gasteiger partial charge in [0.1, 0.15) is 19.3 Å². The average Bonchev–Trinajstić information content (AvgIpc) is 0.900. The van der Waals surface area contributed by atoms with Gasteiger partial charge in [-0.25, -0.2) is 9.13 Å². The third-order valence-corrected chi connectivity index (χ3v) is 18.9. The van der Waals surface area contributed by atoms with E-state index < -0.39 is 97.5 Å². The molecule has 0 aromatic carbocycles. The van der Waals surface area contributed by atoms with Gasteiger partial charge in [-0.2, -0.15) is 0 Å². The highest BCUT2D eigenvalue weighted by molar-refractivity contribution is 7.47. The zero-order valence-electron chi connectivity index (χ0n) is 67.5. The predicted octanol–water partition coefficient (Wildman–Crippen LogP) is 24.8. The molecule has 0 spiro atoms. The Labute approximate surface area is 655 Å². The quantitative estimate of drug-likeness (QED) is 0.0169. The minimum absolute atomic E-state index is 0.00819. The Morgan fingerprint density at radius 2 is 0.491 bits per heavy atom. The molecule has 0 aromatic rings. The SMILES string of the molecule is CC/C=C\C/C=C\C/C=C\C/C=C\C/C=C\CCCC(=O)OC(COC(=O)CCCCCCCC/C=C\C/C=C\C/C=C\C/C=C\CC)COP(=O)(O)OCC(O)COP(=O)(O)OCC(COC(=O)CCCCCC/C=C\C/C=C\C/C=C\C/C=C\CC)OC(=O)CCCCCCCCCCCCCCCCC. The third-order valence-electron chi connectivity index (χ3n) is 17.0. The van der Waals surface area contributed by atoms with Gasteiger partial charge in [-0.15, -0.1) is 0 Å². The van der Waals surface area contributed by atoms with Crippen molar-refractivity contribution >= 4 is 39.5 Å². The molecule has 0 saturated carbocycles. The summed E-state index contributed by atoms with van der Waals surface area (Å²) in [6.45, 7) is 4.45. The van der Waals surface area contributed by atoms with Gasteiger partial charge in [-0.05, 0) is 141 Å².